The molecule has 7 nitrogen and oxygen atoms in total. The van der Waals surface area contributed by atoms with Crippen molar-refractivity contribution in [1.29, 1.82) is 0 Å². The van der Waals surface area contributed by atoms with Crippen LogP contribution in [0.5, 0.6) is 0 Å². The van der Waals surface area contributed by atoms with Crippen LogP contribution in [0.3, 0.4) is 0 Å². The van der Waals surface area contributed by atoms with Gasteiger partial charge in [0.1, 0.15) is 6.54 Å². The summed E-state index contributed by atoms with van der Waals surface area (Å²) in [6.45, 7) is 2.82. The molecule has 3 aliphatic rings. The van der Waals surface area contributed by atoms with Crippen molar-refractivity contribution in [3.63, 3.8) is 0 Å². The zero-order valence-corrected chi connectivity index (χ0v) is 14.5. The highest BCUT2D eigenvalue weighted by Gasteiger charge is 2.53. The molecule has 1 N–H and O–H groups in total. The van der Waals surface area contributed by atoms with E-state index in [4.69, 9.17) is 0 Å². The molecule has 2 aliphatic carbocycles. The van der Waals surface area contributed by atoms with Crippen molar-refractivity contribution >= 4 is 17.6 Å². The van der Waals surface area contributed by atoms with Crippen molar-refractivity contribution < 1.29 is 4.79 Å². The van der Waals surface area contributed by atoms with E-state index in [1.165, 1.54) is 25.7 Å². The van der Waals surface area contributed by atoms with Crippen LogP contribution in [0.4, 0.5) is 5.69 Å². The Labute approximate surface area is 142 Å². The lowest BCUT2D eigenvalue weighted by atomic mass is 10.0. The fourth-order valence-electron chi connectivity index (χ4n) is 3.85. The number of nitrogens with one attached hydrogen (secondary N) is 1. The molecule has 0 bridgehead atoms. The number of carbonyl (C=O) groups is 1. The van der Waals surface area contributed by atoms with Gasteiger partial charge in [-0.3, -0.25) is 14.5 Å². The minimum atomic E-state index is 0.0977. The molecule has 1 aliphatic heterocycles. The van der Waals surface area contributed by atoms with Gasteiger partial charge in [0, 0.05) is 39.9 Å². The Hall–Kier alpha value is -2.05. The third kappa shape index (κ3) is 2.87. The number of guanidine groups is 1. The van der Waals surface area contributed by atoms with Crippen LogP contribution in [-0.4, -0.2) is 59.8 Å². The quantitative estimate of drug-likeness (QED) is 0.656. The van der Waals surface area contributed by atoms with E-state index in [1.807, 2.05) is 18.1 Å². The molecule has 3 fully saturated rings. The predicted octanol–water partition coefficient (Wildman–Crippen LogP) is 0.834. The maximum Gasteiger partial charge on any atom is 0.246 e. The van der Waals surface area contributed by atoms with Crippen molar-refractivity contribution in [2.24, 2.45) is 23.4 Å². The molecule has 2 heterocycles. The number of aliphatic imine (C=N–C) groups is 1. The number of hydrogen-bond donors (Lipinski definition) is 1. The SMILES string of the molecule is CN=C(NCC1(C2CC2)CC1)N1CCN(c2cnn(C)c2)C(=O)C1. The maximum absolute atomic E-state index is 12.5. The van der Waals surface area contributed by atoms with Crippen LogP contribution in [0.1, 0.15) is 25.7 Å². The van der Waals surface area contributed by atoms with Crippen molar-refractivity contribution in [3.05, 3.63) is 12.4 Å². The van der Waals surface area contributed by atoms with Gasteiger partial charge in [-0.25, -0.2) is 0 Å². The normalized spacial score (nSPS) is 23.6. The van der Waals surface area contributed by atoms with Crippen molar-refractivity contribution in [3.8, 4) is 0 Å². The lowest BCUT2D eigenvalue weighted by Gasteiger charge is -2.35. The van der Waals surface area contributed by atoms with E-state index in [1.54, 1.807) is 17.9 Å². The Kier molecular flexibility index (Phi) is 3.73. The molecule has 0 atom stereocenters. The summed E-state index contributed by atoms with van der Waals surface area (Å²) < 4.78 is 1.72. The molecule has 1 amide bonds. The second-order valence-corrected chi connectivity index (χ2v) is 7.38. The predicted molar refractivity (Wildman–Crippen MR) is 92.9 cm³/mol. The van der Waals surface area contributed by atoms with Gasteiger partial charge >= 0.3 is 0 Å². The Bertz CT molecular complexity index is 658. The fraction of sp³-hybridized carbons (Fsp3) is 0.706. The van der Waals surface area contributed by atoms with Crippen molar-refractivity contribution in [1.82, 2.24) is 20.0 Å². The summed E-state index contributed by atoms with van der Waals surface area (Å²) >= 11 is 0. The number of rotatable bonds is 4. The van der Waals surface area contributed by atoms with Crippen LogP contribution in [-0.2, 0) is 11.8 Å². The molecule has 7 heteroatoms. The van der Waals surface area contributed by atoms with Gasteiger partial charge in [-0.2, -0.15) is 5.10 Å². The van der Waals surface area contributed by atoms with Crippen molar-refractivity contribution in [2.75, 3.05) is 38.1 Å². The summed E-state index contributed by atoms with van der Waals surface area (Å²) in [5.74, 6) is 1.88. The highest BCUT2D eigenvalue weighted by atomic mass is 16.2. The van der Waals surface area contributed by atoms with Gasteiger partial charge in [-0.05, 0) is 37.0 Å². The molecule has 0 radical (unpaired) electrons. The van der Waals surface area contributed by atoms with Gasteiger partial charge in [-0.15, -0.1) is 0 Å². The Morgan fingerprint density at radius 3 is 2.75 bits per heavy atom. The molecule has 1 aromatic rings. The largest absolute Gasteiger partial charge is 0.356 e. The molecule has 0 spiro atoms. The van der Waals surface area contributed by atoms with E-state index < -0.39 is 0 Å². The van der Waals surface area contributed by atoms with Gasteiger partial charge < -0.3 is 15.1 Å². The first-order valence-corrected chi connectivity index (χ1v) is 8.86. The van der Waals surface area contributed by atoms with Gasteiger partial charge in [-0.1, -0.05) is 0 Å². The fourth-order valence-corrected chi connectivity index (χ4v) is 3.85. The van der Waals surface area contributed by atoms with Crippen LogP contribution in [0.15, 0.2) is 17.4 Å². The minimum absolute atomic E-state index is 0.0977. The monoisotopic (exact) mass is 330 g/mol. The number of aryl methyl sites for hydroxylation is 1. The number of piperazine rings is 1. The molecular weight excluding hydrogens is 304 g/mol. The Morgan fingerprint density at radius 2 is 2.21 bits per heavy atom. The third-order valence-corrected chi connectivity index (χ3v) is 5.67. The zero-order valence-electron chi connectivity index (χ0n) is 14.5. The second kappa shape index (κ2) is 5.79. The van der Waals surface area contributed by atoms with Gasteiger partial charge in [0.05, 0.1) is 11.9 Å². The average Bonchev–Trinajstić information content (AvgIpc) is 3.47. The summed E-state index contributed by atoms with van der Waals surface area (Å²) in [5.41, 5.74) is 1.40. The lowest BCUT2D eigenvalue weighted by molar-refractivity contribution is -0.120. The van der Waals surface area contributed by atoms with Crippen molar-refractivity contribution in [2.45, 2.75) is 25.7 Å². The summed E-state index contributed by atoms with van der Waals surface area (Å²) in [6.07, 6.45) is 9.09. The second-order valence-electron chi connectivity index (χ2n) is 7.38. The molecule has 1 saturated heterocycles. The molecule has 2 saturated carbocycles. The summed E-state index contributed by atoms with van der Waals surface area (Å²) in [4.78, 5) is 20.8. The molecule has 4 rings (SSSR count). The first kappa shape index (κ1) is 15.5. The van der Waals surface area contributed by atoms with Gasteiger partial charge in [0.25, 0.3) is 0 Å². The zero-order chi connectivity index (χ0) is 16.7. The standard InChI is InChI=1S/C17H26N6O/c1-18-16(19-12-17(5-6-17)13-3-4-13)22-7-8-23(15(24)11-22)14-9-20-21(2)10-14/h9-10,13H,3-8,11-12H2,1-2H3,(H,18,19). The summed E-state index contributed by atoms with van der Waals surface area (Å²) in [7, 11) is 3.67. The van der Waals surface area contributed by atoms with E-state index in [9.17, 15) is 4.79 Å². The topological polar surface area (TPSA) is 65.8 Å². The van der Waals surface area contributed by atoms with Crippen LogP contribution < -0.4 is 10.2 Å². The van der Waals surface area contributed by atoms with E-state index in [0.717, 1.165) is 30.7 Å². The lowest BCUT2D eigenvalue weighted by Crippen LogP contribution is -2.56. The molecule has 130 valence electrons. The summed E-state index contributed by atoms with van der Waals surface area (Å²) in [5, 5.41) is 7.69. The number of carbonyl (C=O) groups excluding carboxylic acids is 1. The van der Waals surface area contributed by atoms with Crippen LogP contribution in [0.2, 0.25) is 0 Å². The van der Waals surface area contributed by atoms with Gasteiger partial charge in [0.2, 0.25) is 5.91 Å². The highest BCUT2D eigenvalue weighted by Crippen LogP contribution is 2.60. The average molecular weight is 330 g/mol. The van der Waals surface area contributed by atoms with E-state index >= 15 is 0 Å². The van der Waals surface area contributed by atoms with E-state index in [-0.39, 0.29) is 5.91 Å². The van der Waals surface area contributed by atoms with Crippen LogP contribution >= 0.6 is 0 Å². The Morgan fingerprint density at radius 1 is 1.42 bits per heavy atom. The van der Waals surface area contributed by atoms with Gasteiger partial charge in [0.15, 0.2) is 5.96 Å². The summed E-state index contributed by atoms with van der Waals surface area (Å²) in [6, 6.07) is 0. The molecular formula is C17H26N6O. The molecule has 1 aromatic heterocycles. The minimum Gasteiger partial charge on any atom is -0.356 e. The van der Waals surface area contributed by atoms with Crippen LogP contribution in [0.25, 0.3) is 0 Å². The van der Waals surface area contributed by atoms with E-state index in [2.05, 4.69) is 20.3 Å². The molecule has 0 unspecified atom stereocenters. The third-order valence-electron chi connectivity index (χ3n) is 5.67. The highest BCUT2D eigenvalue weighted by molar-refractivity contribution is 5.98. The molecule has 0 aromatic carbocycles. The number of nitrogens with zero attached hydrogens (tertiary/aromatic N) is 5. The van der Waals surface area contributed by atoms with E-state index in [0.29, 0.717) is 18.5 Å². The number of amides is 1. The van der Waals surface area contributed by atoms with Crippen LogP contribution in [0, 0.1) is 11.3 Å². The molecule has 24 heavy (non-hydrogen) atoms. The number of anilines is 1. The first-order valence-electron chi connectivity index (χ1n) is 8.86. The smallest absolute Gasteiger partial charge is 0.246 e. The Balaban J connectivity index is 1.35. The number of hydrogen-bond acceptors (Lipinski definition) is 3. The maximum atomic E-state index is 12.5. The first-order chi connectivity index (χ1) is 11.6. The number of aromatic nitrogens is 2.